The molecule has 0 spiro atoms. The summed E-state index contributed by atoms with van der Waals surface area (Å²) in [6.07, 6.45) is 0. The molecule has 0 radical (unpaired) electrons. The number of ether oxygens (including phenoxy) is 2. The molecule has 0 unspecified atom stereocenters. The highest BCUT2D eigenvalue weighted by atomic mass is 16.5. The second kappa shape index (κ2) is 11.8. The molecule has 0 saturated carbocycles. The van der Waals surface area contributed by atoms with Crippen LogP contribution in [0.1, 0.15) is 11.1 Å². The average Bonchev–Trinajstić information content (AvgIpc) is 2.72. The van der Waals surface area contributed by atoms with Crippen molar-refractivity contribution < 1.29 is 29.3 Å². The average molecular weight is 416 g/mol. The van der Waals surface area contributed by atoms with Crippen LogP contribution in [-0.4, -0.2) is 72.4 Å². The fourth-order valence-electron chi connectivity index (χ4n) is 3.07. The number of carboxylic acid groups (broad SMARTS) is 2. The first-order chi connectivity index (χ1) is 14.4. The summed E-state index contributed by atoms with van der Waals surface area (Å²) in [6, 6.07) is 14.9. The summed E-state index contributed by atoms with van der Waals surface area (Å²) in [5.41, 5.74) is 1.91. The smallest absolute Gasteiger partial charge is 0.317 e. The van der Waals surface area contributed by atoms with Gasteiger partial charge in [0, 0.05) is 26.2 Å². The number of carbonyl (C=O) groups is 2. The zero-order valence-corrected chi connectivity index (χ0v) is 17.3. The van der Waals surface area contributed by atoms with Crippen LogP contribution in [0.5, 0.6) is 11.5 Å². The van der Waals surface area contributed by atoms with Gasteiger partial charge in [0.2, 0.25) is 0 Å². The van der Waals surface area contributed by atoms with Gasteiger partial charge in [0.1, 0.15) is 11.5 Å². The van der Waals surface area contributed by atoms with Crippen molar-refractivity contribution in [3.63, 3.8) is 0 Å². The molecule has 30 heavy (non-hydrogen) atoms. The molecule has 2 aromatic carbocycles. The highest BCUT2D eigenvalue weighted by Crippen LogP contribution is 2.15. The van der Waals surface area contributed by atoms with Gasteiger partial charge in [-0.05, 0) is 35.4 Å². The van der Waals surface area contributed by atoms with Gasteiger partial charge in [-0.3, -0.25) is 19.4 Å². The van der Waals surface area contributed by atoms with Gasteiger partial charge >= 0.3 is 11.9 Å². The van der Waals surface area contributed by atoms with E-state index in [9.17, 15) is 19.8 Å². The maximum absolute atomic E-state index is 11.3. The Hall–Kier alpha value is -3.10. The zero-order valence-electron chi connectivity index (χ0n) is 17.3. The SMILES string of the molecule is COc1ccc(CN(CCN(CC(=O)O)Cc2ccc(OC)cc2)CC(=O)O)cc1. The van der Waals surface area contributed by atoms with E-state index in [0.29, 0.717) is 26.2 Å². The van der Waals surface area contributed by atoms with Gasteiger partial charge in [0.15, 0.2) is 0 Å². The second-order valence-electron chi connectivity index (χ2n) is 6.90. The van der Waals surface area contributed by atoms with Crippen LogP contribution in [0.25, 0.3) is 0 Å². The lowest BCUT2D eigenvalue weighted by atomic mass is 10.2. The van der Waals surface area contributed by atoms with E-state index in [1.165, 1.54) is 0 Å². The van der Waals surface area contributed by atoms with E-state index in [1.807, 2.05) is 48.5 Å². The van der Waals surface area contributed by atoms with E-state index in [1.54, 1.807) is 24.0 Å². The lowest BCUT2D eigenvalue weighted by Gasteiger charge is -2.26. The summed E-state index contributed by atoms with van der Waals surface area (Å²) >= 11 is 0. The Labute approximate surface area is 176 Å². The van der Waals surface area contributed by atoms with E-state index >= 15 is 0 Å². The van der Waals surface area contributed by atoms with E-state index < -0.39 is 11.9 Å². The molecular formula is C22H28N2O6. The molecule has 0 aliphatic heterocycles. The van der Waals surface area contributed by atoms with Crippen LogP contribution in [0.15, 0.2) is 48.5 Å². The van der Waals surface area contributed by atoms with Crippen LogP contribution in [0.3, 0.4) is 0 Å². The Morgan fingerprint density at radius 3 is 1.30 bits per heavy atom. The molecule has 0 aliphatic rings. The second-order valence-corrected chi connectivity index (χ2v) is 6.90. The van der Waals surface area contributed by atoms with Gasteiger partial charge in [-0.1, -0.05) is 24.3 Å². The minimum atomic E-state index is -0.927. The molecule has 0 fully saturated rings. The standard InChI is InChI=1S/C22H28N2O6/c1-29-19-7-3-17(4-8-19)13-23(15-21(25)26)11-12-24(16-22(27)28)14-18-5-9-20(30-2)10-6-18/h3-10H,11-16H2,1-2H3,(H,25,26)(H,27,28). The predicted molar refractivity (Wildman–Crippen MR) is 112 cm³/mol. The first-order valence-electron chi connectivity index (χ1n) is 9.53. The van der Waals surface area contributed by atoms with Crippen molar-refractivity contribution in [2.24, 2.45) is 0 Å². The topological polar surface area (TPSA) is 99.5 Å². The van der Waals surface area contributed by atoms with Crippen molar-refractivity contribution in [3.8, 4) is 11.5 Å². The molecule has 2 rings (SSSR count). The monoisotopic (exact) mass is 416 g/mol. The van der Waals surface area contributed by atoms with Gasteiger partial charge in [0.25, 0.3) is 0 Å². The lowest BCUT2D eigenvalue weighted by Crippen LogP contribution is -2.39. The molecule has 162 valence electrons. The fraction of sp³-hybridized carbons (Fsp3) is 0.364. The van der Waals surface area contributed by atoms with Crippen molar-refractivity contribution in [1.29, 1.82) is 0 Å². The van der Waals surface area contributed by atoms with Crippen molar-refractivity contribution in [1.82, 2.24) is 9.80 Å². The van der Waals surface area contributed by atoms with Gasteiger partial charge in [-0.2, -0.15) is 0 Å². The lowest BCUT2D eigenvalue weighted by molar-refractivity contribution is -0.140. The maximum atomic E-state index is 11.3. The van der Waals surface area contributed by atoms with Crippen LogP contribution in [0.2, 0.25) is 0 Å². The number of carboxylic acids is 2. The van der Waals surface area contributed by atoms with Gasteiger partial charge in [0.05, 0.1) is 27.3 Å². The van der Waals surface area contributed by atoms with Crippen LogP contribution in [0.4, 0.5) is 0 Å². The molecule has 2 N–H and O–H groups in total. The molecule has 8 nitrogen and oxygen atoms in total. The van der Waals surface area contributed by atoms with Crippen LogP contribution in [-0.2, 0) is 22.7 Å². The van der Waals surface area contributed by atoms with Crippen molar-refractivity contribution in [3.05, 3.63) is 59.7 Å². The summed E-state index contributed by atoms with van der Waals surface area (Å²) < 4.78 is 10.3. The fourth-order valence-corrected chi connectivity index (χ4v) is 3.07. The predicted octanol–water partition coefficient (Wildman–Crippen LogP) is 2.18. The number of hydrogen-bond acceptors (Lipinski definition) is 6. The normalized spacial score (nSPS) is 10.9. The molecular weight excluding hydrogens is 388 g/mol. The quantitative estimate of drug-likeness (QED) is 0.513. The molecule has 0 amide bonds. The highest BCUT2D eigenvalue weighted by molar-refractivity contribution is 5.69. The molecule has 2 aromatic rings. The Kier molecular flexibility index (Phi) is 9.11. The number of hydrogen-bond donors (Lipinski definition) is 2. The Balaban J connectivity index is 2.02. The molecule has 0 aromatic heterocycles. The molecule has 0 heterocycles. The molecule has 0 aliphatic carbocycles. The van der Waals surface area contributed by atoms with Crippen LogP contribution >= 0.6 is 0 Å². The molecule has 8 heteroatoms. The van der Waals surface area contributed by atoms with E-state index in [2.05, 4.69) is 0 Å². The van der Waals surface area contributed by atoms with Crippen LogP contribution < -0.4 is 9.47 Å². The van der Waals surface area contributed by atoms with E-state index in [0.717, 1.165) is 22.6 Å². The largest absolute Gasteiger partial charge is 0.497 e. The Bertz CT molecular complexity index is 738. The molecule has 0 bridgehead atoms. The molecule has 0 saturated heterocycles. The van der Waals surface area contributed by atoms with E-state index in [4.69, 9.17) is 9.47 Å². The minimum Gasteiger partial charge on any atom is -0.497 e. The zero-order chi connectivity index (χ0) is 21.9. The minimum absolute atomic E-state index is 0.129. The van der Waals surface area contributed by atoms with Crippen LogP contribution in [0, 0.1) is 0 Å². The number of aliphatic carboxylic acids is 2. The van der Waals surface area contributed by atoms with Crippen molar-refractivity contribution >= 4 is 11.9 Å². The maximum Gasteiger partial charge on any atom is 0.317 e. The summed E-state index contributed by atoms with van der Waals surface area (Å²) in [5.74, 6) is -0.391. The summed E-state index contributed by atoms with van der Waals surface area (Å²) in [6.45, 7) is 1.47. The Morgan fingerprint density at radius 2 is 1.03 bits per heavy atom. The number of nitrogens with zero attached hydrogens (tertiary/aromatic N) is 2. The Morgan fingerprint density at radius 1 is 0.700 bits per heavy atom. The van der Waals surface area contributed by atoms with Gasteiger partial charge < -0.3 is 19.7 Å². The van der Waals surface area contributed by atoms with Gasteiger partial charge in [-0.15, -0.1) is 0 Å². The summed E-state index contributed by atoms with van der Waals surface area (Å²) in [4.78, 5) is 26.2. The van der Waals surface area contributed by atoms with Crippen molar-refractivity contribution in [2.45, 2.75) is 13.1 Å². The first-order valence-corrected chi connectivity index (χ1v) is 9.53. The molecule has 0 atom stereocenters. The third-order valence-electron chi connectivity index (χ3n) is 4.58. The van der Waals surface area contributed by atoms with Crippen molar-refractivity contribution in [2.75, 3.05) is 40.4 Å². The third kappa shape index (κ3) is 8.10. The number of benzene rings is 2. The number of rotatable bonds is 13. The highest BCUT2D eigenvalue weighted by Gasteiger charge is 2.15. The van der Waals surface area contributed by atoms with E-state index in [-0.39, 0.29) is 13.1 Å². The van der Waals surface area contributed by atoms with Gasteiger partial charge in [-0.25, -0.2) is 0 Å². The summed E-state index contributed by atoms with van der Waals surface area (Å²) in [7, 11) is 3.18. The summed E-state index contributed by atoms with van der Waals surface area (Å²) in [5, 5.41) is 18.5. The number of methoxy groups -OCH3 is 2. The first kappa shape index (κ1) is 23.2. The third-order valence-corrected chi connectivity index (χ3v) is 4.58.